The summed E-state index contributed by atoms with van der Waals surface area (Å²) >= 11 is 0. The second-order valence-electron chi connectivity index (χ2n) is 9.16. The van der Waals surface area contributed by atoms with E-state index in [1.807, 2.05) is 103 Å². The van der Waals surface area contributed by atoms with Gasteiger partial charge in [-0.1, -0.05) is 91.0 Å². The van der Waals surface area contributed by atoms with Gasteiger partial charge in [0.1, 0.15) is 0 Å². The lowest BCUT2D eigenvalue weighted by molar-refractivity contribution is 0.101. The van der Waals surface area contributed by atoms with Gasteiger partial charge in [0.2, 0.25) is 0 Å². The van der Waals surface area contributed by atoms with E-state index >= 15 is 0 Å². The van der Waals surface area contributed by atoms with Crippen molar-refractivity contribution in [3.8, 4) is 0 Å². The van der Waals surface area contributed by atoms with Gasteiger partial charge in [-0.05, 0) is 58.1 Å². The van der Waals surface area contributed by atoms with E-state index in [-0.39, 0.29) is 5.92 Å². The Morgan fingerprint density at radius 1 is 0.622 bits per heavy atom. The molecule has 3 unspecified atom stereocenters. The average Bonchev–Trinajstić information content (AvgIpc) is 2.96. The maximum atomic E-state index is 14.1. The maximum Gasteiger partial charge on any atom is 0.0858 e. The Bertz CT molecular complexity index is 1600. The molecular formula is C32H26O3S2. The topological polar surface area (TPSA) is 43.4 Å². The zero-order valence-corrected chi connectivity index (χ0v) is 21.8. The lowest BCUT2D eigenvalue weighted by atomic mass is 9.76. The predicted octanol–water partition coefficient (Wildman–Crippen LogP) is 7.03. The quantitative estimate of drug-likeness (QED) is 0.220. The van der Waals surface area contributed by atoms with Crippen molar-refractivity contribution < 1.29 is 13.2 Å². The van der Waals surface area contributed by atoms with Crippen LogP contribution in [0.2, 0.25) is 0 Å². The molecule has 5 aromatic carbocycles. The number of benzene rings is 5. The Kier molecular flexibility index (Phi) is 6.83. The Morgan fingerprint density at radius 2 is 1.11 bits per heavy atom. The Hall–Kier alpha value is -3.38. The van der Waals surface area contributed by atoms with Crippen molar-refractivity contribution in [3.63, 3.8) is 0 Å². The third kappa shape index (κ3) is 4.59. The van der Waals surface area contributed by atoms with Crippen molar-refractivity contribution in [2.45, 2.75) is 38.5 Å². The highest BCUT2D eigenvalue weighted by Crippen LogP contribution is 2.48. The number of rotatable bonds is 8. The van der Waals surface area contributed by atoms with E-state index in [0.717, 1.165) is 53.5 Å². The van der Waals surface area contributed by atoms with E-state index in [9.17, 15) is 8.42 Å². The molecule has 0 saturated carbocycles. The van der Waals surface area contributed by atoms with Crippen LogP contribution in [0.4, 0.5) is 0 Å². The number of hydrogen-bond donors (Lipinski definition) is 0. The van der Waals surface area contributed by atoms with E-state index in [0.29, 0.717) is 13.2 Å². The van der Waals surface area contributed by atoms with Crippen LogP contribution < -0.4 is 0 Å². The molecular weight excluding hydrogens is 496 g/mol. The number of fused-ring (bicyclic) bond motifs is 2. The van der Waals surface area contributed by atoms with E-state index in [4.69, 9.17) is 4.74 Å². The summed E-state index contributed by atoms with van der Waals surface area (Å²) in [6, 6.07) is 37.3. The summed E-state index contributed by atoms with van der Waals surface area (Å²) < 4.78 is 34.1. The van der Waals surface area contributed by atoms with E-state index in [1.165, 1.54) is 0 Å². The lowest BCUT2D eigenvalue weighted by Gasteiger charge is -2.35. The van der Waals surface area contributed by atoms with Crippen molar-refractivity contribution in [1.29, 1.82) is 0 Å². The fourth-order valence-corrected chi connectivity index (χ4v) is 8.01. The van der Waals surface area contributed by atoms with Gasteiger partial charge in [0, 0.05) is 15.7 Å². The van der Waals surface area contributed by atoms with Crippen molar-refractivity contribution in [2.24, 2.45) is 0 Å². The van der Waals surface area contributed by atoms with Crippen LogP contribution in [0.1, 0.15) is 22.6 Å². The smallest absolute Gasteiger partial charge is 0.0858 e. The van der Waals surface area contributed by atoms with Crippen molar-refractivity contribution in [3.05, 3.63) is 132 Å². The first-order valence-corrected chi connectivity index (χ1v) is 14.6. The zero-order valence-electron chi connectivity index (χ0n) is 20.2. The molecule has 1 aliphatic rings. The lowest BCUT2D eigenvalue weighted by Crippen LogP contribution is -2.27. The normalized spacial score (nSPS) is 16.1. The first kappa shape index (κ1) is 24.0. The van der Waals surface area contributed by atoms with Gasteiger partial charge in [-0.25, -0.2) is 8.42 Å². The third-order valence-corrected chi connectivity index (χ3v) is 9.88. The third-order valence-electron chi connectivity index (χ3n) is 6.83. The summed E-state index contributed by atoms with van der Waals surface area (Å²) in [5.41, 5.74) is 3.21. The van der Waals surface area contributed by atoms with Crippen LogP contribution in [0.25, 0.3) is 10.8 Å². The second kappa shape index (κ2) is 10.5. The van der Waals surface area contributed by atoms with Gasteiger partial charge in [-0.15, -0.1) is 0 Å². The van der Waals surface area contributed by atoms with Crippen LogP contribution in [0.15, 0.2) is 135 Å². The molecule has 0 aromatic heterocycles. The van der Waals surface area contributed by atoms with Gasteiger partial charge >= 0.3 is 0 Å². The monoisotopic (exact) mass is 522 g/mol. The molecule has 5 heteroatoms. The van der Waals surface area contributed by atoms with Gasteiger partial charge < -0.3 is 4.74 Å². The standard InChI is InChI=1S/C32H26O3S2/c33-36(25-14-6-2-7-15-25)31-27-18-10-11-19-28(27)32(37(34)26-16-8-3-9-17-26)30-24(20-29(30)31)22-35-21-23-12-4-1-5-13-23/h1-19,24H,20-22H2. The summed E-state index contributed by atoms with van der Waals surface area (Å²) in [5.74, 6) is 0.0949. The first-order valence-electron chi connectivity index (χ1n) is 12.3. The van der Waals surface area contributed by atoms with Gasteiger partial charge in [0.05, 0.1) is 44.6 Å². The molecule has 0 spiro atoms. The molecule has 3 nitrogen and oxygen atoms in total. The van der Waals surface area contributed by atoms with Crippen molar-refractivity contribution in [1.82, 2.24) is 0 Å². The number of ether oxygens (including phenoxy) is 1. The van der Waals surface area contributed by atoms with Crippen molar-refractivity contribution >= 4 is 32.4 Å². The molecule has 37 heavy (non-hydrogen) atoms. The second-order valence-corrected chi connectivity index (χ2v) is 12.0. The van der Waals surface area contributed by atoms with E-state index in [1.54, 1.807) is 0 Å². The van der Waals surface area contributed by atoms with E-state index in [2.05, 4.69) is 12.1 Å². The van der Waals surface area contributed by atoms with Crippen LogP contribution in [0.5, 0.6) is 0 Å². The Morgan fingerprint density at radius 3 is 1.70 bits per heavy atom. The van der Waals surface area contributed by atoms with Gasteiger partial charge in [-0.2, -0.15) is 0 Å². The summed E-state index contributed by atoms with van der Waals surface area (Å²) in [7, 11) is -2.72. The summed E-state index contributed by atoms with van der Waals surface area (Å²) in [4.78, 5) is 3.20. The molecule has 5 aromatic rings. The fraction of sp³-hybridized carbons (Fsp3) is 0.125. The molecule has 0 amide bonds. The first-order chi connectivity index (χ1) is 18.2. The Labute approximate surface area is 222 Å². The van der Waals surface area contributed by atoms with E-state index < -0.39 is 21.6 Å². The number of hydrogen-bond acceptors (Lipinski definition) is 3. The molecule has 0 radical (unpaired) electrons. The van der Waals surface area contributed by atoms with Crippen LogP contribution >= 0.6 is 0 Å². The molecule has 1 aliphatic carbocycles. The highest BCUT2D eigenvalue weighted by Gasteiger charge is 2.37. The molecule has 0 saturated heterocycles. The highest BCUT2D eigenvalue weighted by molar-refractivity contribution is 7.86. The molecule has 0 bridgehead atoms. The highest BCUT2D eigenvalue weighted by atomic mass is 32.2. The molecule has 0 N–H and O–H groups in total. The molecule has 0 aliphatic heterocycles. The molecule has 3 atom stereocenters. The zero-order chi connectivity index (χ0) is 25.2. The van der Waals surface area contributed by atoms with Gasteiger partial charge in [-0.3, -0.25) is 0 Å². The fourth-order valence-electron chi connectivity index (χ4n) is 5.07. The molecule has 0 heterocycles. The summed E-state index contributed by atoms with van der Waals surface area (Å²) in [6.07, 6.45) is 0.752. The maximum absolute atomic E-state index is 14.1. The van der Waals surface area contributed by atoms with Crippen LogP contribution in [-0.4, -0.2) is 15.0 Å². The average molecular weight is 523 g/mol. The minimum absolute atomic E-state index is 0.0949. The molecule has 0 fully saturated rings. The SMILES string of the molecule is O=S(c1ccccc1)c1c2c(c(S(=O)c3ccccc3)c3ccccc13)C(COCc1ccccc1)C2. The largest absolute Gasteiger partial charge is 0.376 e. The predicted molar refractivity (Wildman–Crippen MR) is 149 cm³/mol. The summed E-state index contributed by atoms with van der Waals surface area (Å²) in [6.45, 7) is 1.05. The van der Waals surface area contributed by atoms with Crippen LogP contribution in [-0.2, 0) is 39.4 Å². The Balaban J connectivity index is 1.47. The van der Waals surface area contributed by atoms with Gasteiger partial charge in [0.25, 0.3) is 0 Å². The summed E-state index contributed by atoms with van der Waals surface area (Å²) in [5, 5.41) is 1.81. The van der Waals surface area contributed by atoms with Crippen LogP contribution in [0.3, 0.4) is 0 Å². The van der Waals surface area contributed by atoms with Crippen LogP contribution in [0, 0.1) is 0 Å². The minimum Gasteiger partial charge on any atom is -0.376 e. The molecule has 6 rings (SSSR count). The molecule has 184 valence electrons. The van der Waals surface area contributed by atoms with Crippen molar-refractivity contribution in [2.75, 3.05) is 6.61 Å². The van der Waals surface area contributed by atoms with Gasteiger partial charge in [0.15, 0.2) is 0 Å². The minimum atomic E-state index is -1.37.